The third kappa shape index (κ3) is 3.14. The Morgan fingerprint density at radius 3 is 2.57 bits per heavy atom. The number of nitrogens with zero attached hydrogens (tertiary/aromatic N) is 1. The summed E-state index contributed by atoms with van der Waals surface area (Å²) in [5.74, 6) is -0.0436. The van der Waals surface area contributed by atoms with E-state index in [2.05, 4.69) is 4.98 Å². The molecule has 2 heterocycles. The summed E-state index contributed by atoms with van der Waals surface area (Å²) in [6.45, 7) is 8.13. The molecule has 2 aromatic heterocycles. The molecule has 0 atom stereocenters. The van der Waals surface area contributed by atoms with E-state index in [0.29, 0.717) is 12.1 Å². The van der Waals surface area contributed by atoms with Crippen LogP contribution in [0.4, 0.5) is 0 Å². The van der Waals surface area contributed by atoms with E-state index in [1.54, 1.807) is 11.3 Å². The van der Waals surface area contributed by atoms with E-state index in [-0.39, 0.29) is 22.0 Å². The summed E-state index contributed by atoms with van der Waals surface area (Å²) >= 11 is 7.63. The molecule has 0 aliphatic rings. The molecule has 0 aliphatic heterocycles. The van der Waals surface area contributed by atoms with E-state index in [1.807, 2.05) is 45.2 Å². The Morgan fingerprint density at radius 1 is 1.38 bits per heavy atom. The molecule has 1 N–H and O–H groups in total. The molecule has 0 saturated heterocycles. The first-order chi connectivity index (χ1) is 9.74. The highest BCUT2D eigenvalue weighted by molar-refractivity contribution is 7.10. The van der Waals surface area contributed by atoms with Crippen LogP contribution in [0.2, 0.25) is 5.15 Å². The van der Waals surface area contributed by atoms with Gasteiger partial charge >= 0.3 is 5.69 Å². The molecule has 0 unspecified atom stereocenters. The summed E-state index contributed by atoms with van der Waals surface area (Å²) < 4.78 is 1.25. The normalized spacial score (nSPS) is 12.1. The number of hydrogen-bond acceptors (Lipinski definition) is 3. The van der Waals surface area contributed by atoms with Crippen LogP contribution in [0.25, 0.3) is 0 Å². The van der Waals surface area contributed by atoms with Gasteiger partial charge in [0.2, 0.25) is 0 Å². The number of nitrogens with one attached hydrogen (secondary N) is 1. The van der Waals surface area contributed by atoms with Crippen molar-refractivity contribution in [3.63, 3.8) is 0 Å². The molecule has 0 aliphatic carbocycles. The van der Waals surface area contributed by atoms with Crippen LogP contribution in [0.15, 0.2) is 27.1 Å². The Balaban J connectivity index is 2.53. The first-order valence-electron chi connectivity index (χ1n) is 6.80. The zero-order valence-corrected chi connectivity index (χ0v) is 14.1. The number of rotatable bonds is 4. The number of H-pyrrole nitrogens is 1. The number of thiophene rings is 1. The quantitative estimate of drug-likeness (QED) is 0.876. The summed E-state index contributed by atoms with van der Waals surface area (Å²) in [6, 6.07) is 3.99. The van der Waals surface area contributed by atoms with Crippen LogP contribution >= 0.6 is 22.9 Å². The summed E-state index contributed by atoms with van der Waals surface area (Å²) in [4.78, 5) is 28.4. The number of hydrogen-bond donors (Lipinski definition) is 1. The van der Waals surface area contributed by atoms with E-state index in [0.717, 1.165) is 4.88 Å². The van der Waals surface area contributed by atoms with Gasteiger partial charge < -0.3 is 0 Å². The second kappa shape index (κ2) is 5.81. The molecule has 4 nitrogen and oxygen atoms in total. The Hall–Kier alpha value is -1.33. The highest BCUT2D eigenvalue weighted by atomic mass is 35.5. The molecule has 2 aromatic rings. The van der Waals surface area contributed by atoms with Gasteiger partial charge in [-0.2, -0.15) is 0 Å². The van der Waals surface area contributed by atoms with Crippen molar-refractivity contribution in [3.8, 4) is 0 Å². The highest BCUT2D eigenvalue weighted by Gasteiger charge is 2.25. The third-order valence-electron chi connectivity index (χ3n) is 3.49. The minimum Gasteiger partial charge on any atom is -0.297 e. The summed E-state index contributed by atoms with van der Waals surface area (Å²) in [5.41, 5.74) is -0.603. The molecule has 21 heavy (non-hydrogen) atoms. The van der Waals surface area contributed by atoms with E-state index < -0.39 is 5.69 Å². The Bertz CT molecular complexity index is 742. The lowest BCUT2D eigenvalue weighted by atomic mass is 9.91. The molecule has 0 fully saturated rings. The van der Waals surface area contributed by atoms with Gasteiger partial charge in [0.25, 0.3) is 5.56 Å². The molecule has 114 valence electrons. The fraction of sp³-hybridized carbons (Fsp3) is 0.467. The van der Waals surface area contributed by atoms with Gasteiger partial charge in [-0.3, -0.25) is 14.3 Å². The zero-order valence-electron chi connectivity index (χ0n) is 12.6. The lowest BCUT2D eigenvalue weighted by Crippen LogP contribution is -2.42. The van der Waals surface area contributed by atoms with E-state index in [9.17, 15) is 9.59 Å². The minimum atomic E-state index is -0.459. The topological polar surface area (TPSA) is 54.9 Å². The maximum atomic E-state index is 12.6. The number of aromatic amines is 1. The SMILES string of the molecule is CC(C)c1c(Cl)[nH]c(=O)n(CC(C)(C)c2cccs2)c1=O. The fourth-order valence-corrected chi connectivity index (χ4v) is 3.57. The standard InChI is InChI=1S/C15H19ClN2O2S/c1-9(2)11-12(16)17-14(20)18(13(11)19)8-15(3,4)10-6-5-7-21-10/h5-7,9H,8H2,1-4H3,(H,17,20). The van der Waals surface area contributed by atoms with Crippen LogP contribution in [-0.2, 0) is 12.0 Å². The van der Waals surface area contributed by atoms with Crippen LogP contribution in [-0.4, -0.2) is 9.55 Å². The van der Waals surface area contributed by atoms with Gasteiger partial charge in [0.15, 0.2) is 0 Å². The maximum absolute atomic E-state index is 12.6. The molecular weight excluding hydrogens is 308 g/mol. The largest absolute Gasteiger partial charge is 0.329 e. The monoisotopic (exact) mass is 326 g/mol. The summed E-state index contributed by atoms with van der Waals surface area (Å²) in [6.07, 6.45) is 0. The molecule has 0 spiro atoms. The molecular formula is C15H19ClN2O2S. The Kier molecular flexibility index (Phi) is 4.44. The van der Waals surface area contributed by atoms with Gasteiger partial charge in [-0.1, -0.05) is 45.4 Å². The molecule has 0 radical (unpaired) electrons. The predicted octanol–water partition coefficient (Wildman–Crippen LogP) is 3.35. The van der Waals surface area contributed by atoms with Crippen molar-refractivity contribution < 1.29 is 0 Å². The molecule has 2 rings (SSSR count). The highest BCUT2D eigenvalue weighted by Crippen LogP contribution is 2.28. The Labute approximate surface area is 132 Å². The van der Waals surface area contributed by atoms with Crippen LogP contribution in [0.1, 0.15) is 44.1 Å². The van der Waals surface area contributed by atoms with Gasteiger partial charge in [0, 0.05) is 16.8 Å². The smallest absolute Gasteiger partial charge is 0.297 e. The fourth-order valence-electron chi connectivity index (χ4n) is 2.34. The lowest BCUT2D eigenvalue weighted by Gasteiger charge is -2.24. The van der Waals surface area contributed by atoms with Crippen molar-refractivity contribution in [1.29, 1.82) is 0 Å². The van der Waals surface area contributed by atoms with E-state index in [1.165, 1.54) is 4.57 Å². The average molecular weight is 327 g/mol. The van der Waals surface area contributed by atoms with Crippen LogP contribution < -0.4 is 11.2 Å². The molecule has 0 saturated carbocycles. The predicted molar refractivity (Wildman–Crippen MR) is 87.8 cm³/mol. The summed E-state index contributed by atoms with van der Waals surface area (Å²) in [5, 5.41) is 2.14. The molecule has 0 aromatic carbocycles. The molecule has 6 heteroatoms. The van der Waals surface area contributed by atoms with Crippen molar-refractivity contribution >= 4 is 22.9 Å². The summed E-state index contributed by atoms with van der Waals surface area (Å²) in [7, 11) is 0. The van der Waals surface area contributed by atoms with E-state index >= 15 is 0 Å². The van der Waals surface area contributed by atoms with Crippen LogP contribution in [0, 0.1) is 0 Å². The van der Waals surface area contributed by atoms with Gasteiger partial charge in [0.1, 0.15) is 5.15 Å². The van der Waals surface area contributed by atoms with Gasteiger partial charge in [-0.15, -0.1) is 11.3 Å². The van der Waals surface area contributed by atoms with Crippen molar-refractivity contribution in [3.05, 3.63) is 53.9 Å². The zero-order chi connectivity index (χ0) is 15.8. The average Bonchev–Trinajstić information content (AvgIpc) is 2.88. The minimum absolute atomic E-state index is 0.0436. The van der Waals surface area contributed by atoms with Gasteiger partial charge in [0.05, 0.1) is 5.56 Å². The second-order valence-electron chi connectivity index (χ2n) is 6.06. The van der Waals surface area contributed by atoms with Gasteiger partial charge in [-0.25, -0.2) is 4.79 Å². The number of aromatic nitrogens is 2. The van der Waals surface area contributed by atoms with Crippen LogP contribution in [0.5, 0.6) is 0 Å². The van der Waals surface area contributed by atoms with Crippen molar-refractivity contribution in [2.24, 2.45) is 0 Å². The van der Waals surface area contributed by atoms with Gasteiger partial charge in [-0.05, 0) is 17.4 Å². The lowest BCUT2D eigenvalue weighted by molar-refractivity contribution is 0.419. The maximum Gasteiger partial charge on any atom is 0.329 e. The first kappa shape index (κ1) is 16.0. The molecule has 0 bridgehead atoms. The van der Waals surface area contributed by atoms with Crippen molar-refractivity contribution in [2.75, 3.05) is 0 Å². The first-order valence-corrected chi connectivity index (χ1v) is 8.06. The number of halogens is 1. The second-order valence-corrected chi connectivity index (χ2v) is 7.39. The van der Waals surface area contributed by atoms with E-state index in [4.69, 9.17) is 11.6 Å². The van der Waals surface area contributed by atoms with Crippen LogP contribution in [0.3, 0.4) is 0 Å². The molecule has 0 amide bonds. The Morgan fingerprint density at radius 2 is 2.05 bits per heavy atom. The van der Waals surface area contributed by atoms with Crippen molar-refractivity contribution in [2.45, 2.75) is 45.6 Å². The van der Waals surface area contributed by atoms with Crippen molar-refractivity contribution in [1.82, 2.24) is 9.55 Å². The third-order valence-corrected chi connectivity index (χ3v) is 5.03.